The van der Waals surface area contributed by atoms with Gasteiger partial charge in [0.2, 0.25) is 0 Å². The van der Waals surface area contributed by atoms with Gasteiger partial charge in [0, 0.05) is 0 Å². The first-order valence-corrected chi connectivity index (χ1v) is 5.37. The van der Waals surface area contributed by atoms with Gasteiger partial charge in [-0.3, -0.25) is 4.99 Å². The number of benzene rings is 1. The molecule has 0 aliphatic heterocycles. The van der Waals surface area contributed by atoms with E-state index >= 15 is 0 Å². The molecule has 0 saturated heterocycles. The Bertz CT molecular complexity index is 357. The highest BCUT2D eigenvalue weighted by molar-refractivity contribution is 5.75. The van der Waals surface area contributed by atoms with Crippen molar-refractivity contribution in [3.05, 3.63) is 29.8 Å². The fourth-order valence-electron chi connectivity index (χ4n) is 1.30. The summed E-state index contributed by atoms with van der Waals surface area (Å²) in [5.74, 6) is 1.46. The highest BCUT2D eigenvalue weighted by atomic mass is 16.5. The Morgan fingerprint density at radius 1 is 1.38 bits per heavy atom. The van der Waals surface area contributed by atoms with Gasteiger partial charge in [-0.25, -0.2) is 0 Å². The third-order valence-corrected chi connectivity index (χ3v) is 2.18. The molecular weight excluding hydrogens is 202 g/mol. The molecule has 0 aliphatic rings. The summed E-state index contributed by atoms with van der Waals surface area (Å²) in [6.45, 7) is 5.27. The van der Waals surface area contributed by atoms with E-state index in [0.29, 0.717) is 19.1 Å². The summed E-state index contributed by atoms with van der Waals surface area (Å²) in [6.07, 6.45) is 0. The molecule has 0 aromatic heterocycles. The van der Waals surface area contributed by atoms with Gasteiger partial charge in [0.05, 0.1) is 6.54 Å². The Kier molecular flexibility index (Phi) is 4.64. The van der Waals surface area contributed by atoms with E-state index in [1.54, 1.807) is 0 Å². The zero-order chi connectivity index (χ0) is 12.0. The van der Waals surface area contributed by atoms with Crippen molar-refractivity contribution in [3.63, 3.8) is 0 Å². The first-order valence-electron chi connectivity index (χ1n) is 5.37. The van der Waals surface area contributed by atoms with Crippen LogP contribution in [0.15, 0.2) is 29.3 Å². The molecule has 16 heavy (non-hydrogen) atoms. The smallest absolute Gasteiger partial charge is 0.186 e. The van der Waals surface area contributed by atoms with E-state index in [1.165, 1.54) is 5.56 Å². The predicted octanol–water partition coefficient (Wildman–Crippen LogP) is 1.46. The van der Waals surface area contributed by atoms with E-state index in [2.05, 4.69) is 24.9 Å². The molecule has 0 spiro atoms. The Balaban J connectivity index is 2.48. The summed E-state index contributed by atoms with van der Waals surface area (Å²) in [5, 5.41) is 0. The Morgan fingerprint density at radius 3 is 2.75 bits per heavy atom. The van der Waals surface area contributed by atoms with Crippen molar-refractivity contribution in [1.29, 1.82) is 0 Å². The van der Waals surface area contributed by atoms with E-state index in [0.717, 1.165) is 5.75 Å². The van der Waals surface area contributed by atoms with Gasteiger partial charge in [-0.15, -0.1) is 0 Å². The van der Waals surface area contributed by atoms with Crippen LogP contribution in [0.3, 0.4) is 0 Å². The molecule has 0 aliphatic carbocycles. The van der Waals surface area contributed by atoms with Crippen molar-refractivity contribution < 1.29 is 4.74 Å². The molecule has 0 bridgehead atoms. The number of hydrogen-bond acceptors (Lipinski definition) is 2. The van der Waals surface area contributed by atoms with Crippen LogP contribution in [0.25, 0.3) is 0 Å². The lowest BCUT2D eigenvalue weighted by molar-refractivity contribution is 0.328. The lowest BCUT2D eigenvalue weighted by Gasteiger charge is -2.09. The third-order valence-electron chi connectivity index (χ3n) is 2.18. The fourth-order valence-corrected chi connectivity index (χ4v) is 1.30. The fraction of sp³-hybridized carbons (Fsp3) is 0.417. The Hall–Kier alpha value is -1.71. The third kappa shape index (κ3) is 4.21. The molecule has 88 valence electrons. The van der Waals surface area contributed by atoms with Gasteiger partial charge in [0.15, 0.2) is 5.96 Å². The molecule has 1 aromatic rings. The standard InChI is InChI=1S/C12H19N3O/c1-9(2)10-4-3-5-11(8-10)16-7-6-15-12(13)14/h3-5,8-9H,6-7H2,1-2H3,(H4,13,14,15). The average molecular weight is 221 g/mol. The molecule has 0 fully saturated rings. The van der Waals surface area contributed by atoms with Crippen LogP contribution in [-0.4, -0.2) is 19.1 Å². The maximum absolute atomic E-state index is 5.53. The zero-order valence-corrected chi connectivity index (χ0v) is 9.81. The molecule has 0 atom stereocenters. The molecular formula is C12H19N3O. The maximum atomic E-state index is 5.53. The number of nitrogens with zero attached hydrogens (tertiary/aromatic N) is 1. The second-order valence-corrected chi connectivity index (χ2v) is 3.88. The lowest BCUT2D eigenvalue weighted by atomic mass is 10.0. The second kappa shape index (κ2) is 6.00. The van der Waals surface area contributed by atoms with Gasteiger partial charge in [-0.05, 0) is 23.6 Å². The van der Waals surface area contributed by atoms with Crippen LogP contribution in [0, 0.1) is 0 Å². The first kappa shape index (κ1) is 12.4. The Morgan fingerprint density at radius 2 is 2.12 bits per heavy atom. The van der Waals surface area contributed by atoms with Gasteiger partial charge in [-0.2, -0.15) is 0 Å². The minimum absolute atomic E-state index is 0.0968. The van der Waals surface area contributed by atoms with Crippen molar-refractivity contribution in [1.82, 2.24) is 0 Å². The summed E-state index contributed by atoms with van der Waals surface area (Å²) in [5.41, 5.74) is 11.7. The summed E-state index contributed by atoms with van der Waals surface area (Å²) >= 11 is 0. The number of hydrogen-bond donors (Lipinski definition) is 2. The number of rotatable bonds is 5. The number of aliphatic imine (C=N–C) groups is 1. The average Bonchev–Trinajstić information content (AvgIpc) is 2.24. The van der Waals surface area contributed by atoms with Gasteiger partial charge in [-0.1, -0.05) is 26.0 Å². The predicted molar refractivity (Wildman–Crippen MR) is 66.7 cm³/mol. The summed E-state index contributed by atoms with van der Waals surface area (Å²) in [4.78, 5) is 3.84. The van der Waals surface area contributed by atoms with Crippen LogP contribution in [0.2, 0.25) is 0 Å². The summed E-state index contributed by atoms with van der Waals surface area (Å²) in [6, 6.07) is 8.06. The summed E-state index contributed by atoms with van der Waals surface area (Å²) < 4.78 is 5.53. The molecule has 4 nitrogen and oxygen atoms in total. The van der Waals surface area contributed by atoms with E-state index in [-0.39, 0.29) is 5.96 Å². The SMILES string of the molecule is CC(C)c1cccc(OCCN=C(N)N)c1. The monoisotopic (exact) mass is 221 g/mol. The maximum Gasteiger partial charge on any atom is 0.186 e. The molecule has 0 saturated carbocycles. The minimum atomic E-state index is 0.0968. The van der Waals surface area contributed by atoms with E-state index < -0.39 is 0 Å². The number of guanidine groups is 1. The minimum Gasteiger partial charge on any atom is -0.492 e. The molecule has 0 amide bonds. The topological polar surface area (TPSA) is 73.6 Å². The van der Waals surface area contributed by atoms with Crippen LogP contribution in [-0.2, 0) is 0 Å². The Labute approximate surface area is 96.3 Å². The largest absolute Gasteiger partial charge is 0.492 e. The molecule has 0 unspecified atom stereocenters. The lowest BCUT2D eigenvalue weighted by Crippen LogP contribution is -2.23. The van der Waals surface area contributed by atoms with Gasteiger partial charge >= 0.3 is 0 Å². The molecule has 4 N–H and O–H groups in total. The van der Waals surface area contributed by atoms with Crippen molar-refractivity contribution in [3.8, 4) is 5.75 Å². The van der Waals surface area contributed by atoms with Crippen LogP contribution >= 0.6 is 0 Å². The zero-order valence-electron chi connectivity index (χ0n) is 9.81. The molecule has 0 heterocycles. The van der Waals surface area contributed by atoms with Crippen LogP contribution < -0.4 is 16.2 Å². The first-order chi connectivity index (χ1) is 7.59. The molecule has 1 rings (SSSR count). The van der Waals surface area contributed by atoms with Crippen LogP contribution in [0.4, 0.5) is 0 Å². The van der Waals surface area contributed by atoms with Gasteiger partial charge in [0.1, 0.15) is 12.4 Å². The van der Waals surface area contributed by atoms with Crippen molar-refractivity contribution in [2.75, 3.05) is 13.2 Å². The van der Waals surface area contributed by atoms with Crippen LogP contribution in [0.5, 0.6) is 5.75 Å². The quantitative estimate of drug-likeness (QED) is 0.449. The summed E-state index contributed by atoms with van der Waals surface area (Å²) in [7, 11) is 0. The van der Waals surface area contributed by atoms with Gasteiger partial charge < -0.3 is 16.2 Å². The van der Waals surface area contributed by atoms with E-state index in [1.807, 2.05) is 18.2 Å². The van der Waals surface area contributed by atoms with Crippen molar-refractivity contribution in [2.24, 2.45) is 16.5 Å². The van der Waals surface area contributed by atoms with Crippen molar-refractivity contribution in [2.45, 2.75) is 19.8 Å². The molecule has 4 heteroatoms. The van der Waals surface area contributed by atoms with E-state index in [9.17, 15) is 0 Å². The van der Waals surface area contributed by atoms with Crippen molar-refractivity contribution >= 4 is 5.96 Å². The molecule has 1 aromatic carbocycles. The number of ether oxygens (including phenoxy) is 1. The number of nitrogens with two attached hydrogens (primary N) is 2. The van der Waals surface area contributed by atoms with E-state index in [4.69, 9.17) is 16.2 Å². The highest BCUT2D eigenvalue weighted by Crippen LogP contribution is 2.19. The molecule has 0 radical (unpaired) electrons. The van der Waals surface area contributed by atoms with Crippen LogP contribution in [0.1, 0.15) is 25.3 Å². The second-order valence-electron chi connectivity index (χ2n) is 3.88. The highest BCUT2D eigenvalue weighted by Gasteiger charge is 2.00. The van der Waals surface area contributed by atoms with Gasteiger partial charge in [0.25, 0.3) is 0 Å². The normalized spacial score (nSPS) is 10.2.